The molecule has 0 spiro atoms. The molecule has 0 radical (unpaired) electrons. The summed E-state index contributed by atoms with van der Waals surface area (Å²) in [5.41, 5.74) is 0. The molecule has 1 heterocycles. The Morgan fingerprint density at radius 2 is 1.77 bits per heavy atom. The van der Waals surface area contributed by atoms with Gasteiger partial charge in [-0.2, -0.15) is 0 Å². The minimum Gasteiger partial charge on any atom is -0.301 e. The molecule has 0 aromatic heterocycles. The van der Waals surface area contributed by atoms with Gasteiger partial charge in [0, 0.05) is 6.54 Å². The Balaban J connectivity index is 0.000000671. The van der Waals surface area contributed by atoms with E-state index in [1.807, 2.05) is 18.7 Å². The summed E-state index contributed by atoms with van der Waals surface area (Å²) >= 11 is 0. The summed E-state index contributed by atoms with van der Waals surface area (Å²) in [4.78, 5) is 1.92. The second kappa shape index (κ2) is 6.21. The lowest BCUT2D eigenvalue weighted by molar-refractivity contribution is -0.325. The van der Waals surface area contributed by atoms with Gasteiger partial charge in [-0.25, -0.2) is 0 Å². The van der Waals surface area contributed by atoms with E-state index in [2.05, 4.69) is 4.74 Å². The molecule has 5 heteroatoms. The van der Waals surface area contributed by atoms with Crippen molar-refractivity contribution in [3.8, 4) is 0 Å². The average molecular weight is 199 g/mol. The molecule has 0 atom stereocenters. The highest BCUT2D eigenvalue weighted by Crippen LogP contribution is 2.16. The smallest absolute Gasteiger partial charge is 0.301 e. The molecular weight excluding hydrogens is 183 g/mol. The van der Waals surface area contributed by atoms with Crippen LogP contribution in [0.25, 0.3) is 0 Å². The van der Waals surface area contributed by atoms with Crippen molar-refractivity contribution < 1.29 is 17.9 Å². The van der Waals surface area contributed by atoms with E-state index in [0.29, 0.717) is 6.54 Å². The molecule has 0 N–H and O–H groups in total. The lowest BCUT2D eigenvalue weighted by Gasteiger charge is -2.30. The molecule has 0 unspecified atom stereocenters. The largest absolute Gasteiger partial charge is 0.522 e. The van der Waals surface area contributed by atoms with Gasteiger partial charge in [-0.05, 0) is 19.5 Å². The molecule has 13 heavy (non-hydrogen) atoms. The predicted octanol–water partition coefficient (Wildman–Crippen LogP) is 2.25. The van der Waals surface area contributed by atoms with Gasteiger partial charge in [0.2, 0.25) is 0 Å². The Kier molecular flexibility index (Phi) is 6.07. The second-order valence-electron chi connectivity index (χ2n) is 2.49. The zero-order valence-corrected chi connectivity index (χ0v) is 8.02. The minimum atomic E-state index is -4.47. The normalized spacial score (nSPS) is 17.3. The molecule has 1 fully saturated rings. The van der Waals surface area contributed by atoms with Crippen molar-refractivity contribution in [1.29, 1.82) is 0 Å². The van der Waals surface area contributed by atoms with Crippen molar-refractivity contribution in [2.45, 2.75) is 26.6 Å². The van der Waals surface area contributed by atoms with E-state index in [-0.39, 0.29) is 6.61 Å². The Bertz CT molecular complexity index is 123. The Morgan fingerprint density at radius 3 is 2.08 bits per heavy atom. The van der Waals surface area contributed by atoms with E-state index in [1.54, 1.807) is 0 Å². The first-order chi connectivity index (χ1) is 6.08. The van der Waals surface area contributed by atoms with Crippen LogP contribution >= 0.6 is 0 Å². The maximum Gasteiger partial charge on any atom is 0.522 e. The van der Waals surface area contributed by atoms with Gasteiger partial charge < -0.3 is 4.90 Å². The predicted molar refractivity (Wildman–Crippen MR) is 44.4 cm³/mol. The molecule has 0 amide bonds. The van der Waals surface area contributed by atoms with Crippen molar-refractivity contribution in [2.75, 3.05) is 26.2 Å². The summed E-state index contributed by atoms with van der Waals surface area (Å²) in [7, 11) is 0. The van der Waals surface area contributed by atoms with Crippen LogP contribution in [0.5, 0.6) is 0 Å². The Labute approximate surface area is 76.7 Å². The molecule has 0 bridgehead atoms. The van der Waals surface area contributed by atoms with Crippen LogP contribution in [0.15, 0.2) is 0 Å². The van der Waals surface area contributed by atoms with Gasteiger partial charge in [0.1, 0.15) is 0 Å². The molecular formula is C8H16F3NO. The van der Waals surface area contributed by atoms with Gasteiger partial charge in [-0.1, -0.05) is 13.8 Å². The van der Waals surface area contributed by atoms with E-state index >= 15 is 0 Å². The van der Waals surface area contributed by atoms with Crippen molar-refractivity contribution in [3.05, 3.63) is 0 Å². The van der Waals surface area contributed by atoms with Crippen molar-refractivity contribution >= 4 is 0 Å². The number of hydrogen-bond donors (Lipinski definition) is 0. The van der Waals surface area contributed by atoms with Crippen LogP contribution in [0.4, 0.5) is 13.2 Å². The van der Waals surface area contributed by atoms with Crippen LogP contribution in [0.2, 0.25) is 0 Å². The van der Waals surface area contributed by atoms with Crippen LogP contribution in [0.1, 0.15) is 20.3 Å². The molecule has 0 saturated carbocycles. The summed E-state index contributed by atoms with van der Waals surface area (Å²) < 4.78 is 37.8. The Hall–Kier alpha value is -0.290. The first-order valence-corrected chi connectivity index (χ1v) is 4.51. The fraction of sp³-hybridized carbons (Fsp3) is 1.00. The average Bonchev–Trinajstić information content (AvgIpc) is 1.97. The van der Waals surface area contributed by atoms with Gasteiger partial charge in [-0.15, -0.1) is 13.2 Å². The third-order valence-electron chi connectivity index (χ3n) is 1.62. The van der Waals surface area contributed by atoms with Crippen LogP contribution in [-0.2, 0) is 4.74 Å². The van der Waals surface area contributed by atoms with Crippen LogP contribution in [0, 0.1) is 0 Å². The van der Waals surface area contributed by atoms with E-state index in [9.17, 15) is 13.2 Å². The molecule has 80 valence electrons. The standard InChI is InChI=1S/C6H10F3NO.C2H6/c7-6(8,9)11-5-4-10-2-1-3-10;1-2/h1-5H2;1-2H3. The van der Waals surface area contributed by atoms with Gasteiger partial charge >= 0.3 is 6.36 Å². The summed E-state index contributed by atoms with van der Waals surface area (Å²) in [5, 5.41) is 0. The Morgan fingerprint density at radius 1 is 1.23 bits per heavy atom. The highest BCUT2D eigenvalue weighted by Gasteiger charge is 2.29. The third-order valence-corrected chi connectivity index (χ3v) is 1.62. The van der Waals surface area contributed by atoms with Gasteiger partial charge in [0.15, 0.2) is 0 Å². The van der Waals surface area contributed by atoms with E-state index in [0.717, 1.165) is 19.5 Å². The van der Waals surface area contributed by atoms with E-state index in [1.165, 1.54) is 0 Å². The zero-order chi connectivity index (χ0) is 10.3. The number of likely N-dealkylation sites (tertiary alicyclic amines) is 1. The number of nitrogens with zero attached hydrogens (tertiary/aromatic N) is 1. The maximum absolute atomic E-state index is 11.4. The van der Waals surface area contributed by atoms with Gasteiger partial charge in [0.25, 0.3) is 0 Å². The van der Waals surface area contributed by atoms with Crippen LogP contribution in [0.3, 0.4) is 0 Å². The maximum atomic E-state index is 11.4. The zero-order valence-electron chi connectivity index (χ0n) is 8.02. The number of alkyl halides is 3. The molecule has 1 aliphatic rings. The van der Waals surface area contributed by atoms with Crippen molar-refractivity contribution in [2.24, 2.45) is 0 Å². The first-order valence-electron chi connectivity index (χ1n) is 4.51. The molecule has 2 nitrogen and oxygen atoms in total. The number of rotatable bonds is 3. The fourth-order valence-electron chi connectivity index (χ4n) is 0.896. The molecule has 1 aliphatic heterocycles. The van der Waals surface area contributed by atoms with E-state index in [4.69, 9.17) is 0 Å². The summed E-state index contributed by atoms with van der Waals surface area (Å²) in [6, 6.07) is 0. The summed E-state index contributed by atoms with van der Waals surface area (Å²) in [5.74, 6) is 0. The molecule has 0 aromatic rings. The fourth-order valence-corrected chi connectivity index (χ4v) is 0.896. The second-order valence-corrected chi connectivity index (χ2v) is 2.49. The third kappa shape index (κ3) is 6.83. The highest BCUT2D eigenvalue weighted by atomic mass is 19.4. The topological polar surface area (TPSA) is 12.5 Å². The first kappa shape index (κ1) is 12.7. The van der Waals surface area contributed by atoms with Gasteiger partial charge in [-0.3, -0.25) is 4.74 Å². The van der Waals surface area contributed by atoms with Crippen molar-refractivity contribution in [1.82, 2.24) is 4.90 Å². The number of ether oxygens (including phenoxy) is 1. The molecule has 0 aromatic carbocycles. The quantitative estimate of drug-likeness (QED) is 0.691. The van der Waals surface area contributed by atoms with Crippen LogP contribution in [-0.4, -0.2) is 37.5 Å². The molecule has 0 aliphatic carbocycles. The SMILES string of the molecule is CC.FC(F)(F)OCCN1CCC1. The minimum absolute atomic E-state index is 0.247. The van der Waals surface area contributed by atoms with Crippen LogP contribution < -0.4 is 0 Å². The monoisotopic (exact) mass is 199 g/mol. The van der Waals surface area contributed by atoms with Gasteiger partial charge in [0.05, 0.1) is 6.61 Å². The van der Waals surface area contributed by atoms with E-state index < -0.39 is 6.36 Å². The number of halogens is 3. The highest BCUT2D eigenvalue weighted by molar-refractivity contribution is 4.67. The summed E-state index contributed by atoms with van der Waals surface area (Å²) in [6.07, 6.45) is -3.38. The van der Waals surface area contributed by atoms with Crippen molar-refractivity contribution in [3.63, 3.8) is 0 Å². The lowest BCUT2D eigenvalue weighted by atomic mass is 10.2. The molecule has 1 saturated heterocycles. The number of hydrogen-bond acceptors (Lipinski definition) is 2. The summed E-state index contributed by atoms with van der Waals surface area (Å²) in [6.45, 7) is 5.95. The lowest BCUT2D eigenvalue weighted by Crippen LogP contribution is -2.40. The molecule has 1 rings (SSSR count).